The molecule has 0 aliphatic rings. The van der Waals surface area contributed by atoms with Crippen molar-refractivity contribution in [3.05, 3.63) is 60.2 Å². The summed E-state index contributed by atoms with van der Waals surface area (Å²) < 4.78 is 29.1. The fourth-order valence-electron chi connectivity index (χ4n) is 2.86. The third-order valence-corrected chi connectivity index (χ3v) is 6.38. The van der Waals surface area contributed by atoms with Gasteiger partial charge in [0.2, 0.25) is 0 Å². The summed E-state index contributed by atoms with van der Waals surface area (Å²) in [6.45, 7) is 7.60. The van der Waals surface area contributed by atoms with Gasteiger partial charge in [0.15, 0.2) is 0 Å². The van der Waals surface area contributed by atoms with E-state index in [-0.39, 0.29) is 24.8 Å². The number of esters is 1. The second-order valence-corrected chi connectivity index (χ2v) is 9.52. The lowest BCUT2D eigenvalue weighted by Crippen LogP contribution is -2.11. The average molecular weight is 418 g/mol. The minimum absolute atomic E-state index is 0.170. The van der Waals surface area contributed by atoms with Crippen molar-refractivity contribution in [2.24, 2.45) is 0 Å². The van der Waals surface area contributed by atoms with Crippen molar-refractivity contribution in [1.29, 1.82) is 0 Å². The van der Waals surface area contributed by atoms with Gasteiger partial charge in [0, 0.05) is 0 Å². The number of ether oxygens (including phenoxy) is 1. The van der Waals surface area contributed by atoms with Crippen LogP contribution in [0.15, 0.2) is 54.6 Å². The van der Waals surface area contributed by atoms with E-state index in [0.29, 0.717) is 24.6 Å². The molecule has 0 radical (unpaired) electrons. The van der Waals surface area contributed by atoms with Gasteiger partial charge in [-0.15, -0.1) is 0 Å². The van der Waals surface area contributed by atoms with Crippen LogP contribution in [0, 0.1) is 0 Å². The van der Waals surface area contributed by atoms with Crippen LogP contribution in [0.3, 0.4) is 0 Å². The van der Waals surface area contributed by atoms with Gasteiger partial charge in [0.05, 0.1) is 30.5 Å². The monoisotopic (exact) mass is 418 g/mol. The van der Waals surface area contributed by atoms with Crippen molar-refractivity contribution in [1.82, 2.24) is 0 Å². The molecule has 0 N–H and O–H groups in total. The van der Waals surface area contributed by atoms with Gasteiger partial charge in [0.25, 0.3) is 0 Å². The zero-order valence-corrected chi connectivity index (χ0v) is 18.6. The molecule has 0 atom stereocenters. The molecule has 0 spiro atoms. The molecule has 0 aromatic heterocycles. The molecule has 2 aromatic rings. The van der Waals surface area contributed by atoms with Crippen molar-refractivity contribution >= 4 is 13.6 Å². The van der Waals surface area contributed by atoms with Crippen LogP contribution in [0.5, 0.6) is 0 Å². The Bertz CT molecular complexity index is 786. The molecular weight excluding hydrogens is 387 g/mol. The average Bonchev–Trinajstić information content (AvgIpc) is 2.67. The quantitative estimate of drug-likeness (QED) is 0.242. The number of hydrogen-bond acceptors (Lipinski definition) is 5. The van der Waals surface area contributed by atoms with Gasteiger partial charge in [-0.3, -0.25) is 4.57 Å². The molecular formula is C23H31O5P. The first-order valence-electron chi connectivity index (χ1n) is 10.1. The van der Waals surface area contributed by atoms with E-state index < -0.39 is 7.60 Å². The number of carbonyl (C=O) groups is 1. The van der Waals surface area contributed by atoms with Crippen molar-refractivity contribution in [2.75, 3.05) is 12.8 Å². The van der Waals surface area contributed by atoms with Crippen molar-refractivity contribution < 1.29 is 23.1 Å². The molecule has 29 heavy (non-hydrogen) atoms. The maximum Gasteiger partial charge on any atom is 0.338 e. The third-order valence-electron chi connectivity index (χ3n) is 4.03. The van der Waals surface area contributed by atoms with E-state index >= 15 is 0 Å². The van der Waals surface area contributed by atoms with Crippen LogP contribution in [-0.2, 0) is 18.3 Å². The number of rotatable bonds is 11. The highest BCUT2D eigenvalue weighted by molar-refractivity contribution is 7.53. The summed E-state index contributed by atoms with van der Waals surface area (Å²) in [5.41, 5.74) is 2.67. The van der Waals surface area contributed by atoms with Crippen LogP contribution in [0.1, 0.15) is 50.9 Å². The Kier molecular flexibility index (Phi) is 9.09. The maximum atomic E-state index is 12.7. The Morgan fingerprint density at radius 1 is 0.828 bits per heavy atom. The maximum absolute atomic E-state index is 12.7. The smallest absolute Gasteiger partial charge is 0.338 e. The Hall–Kier alpha value is -1.94. The first kappa shape index (κ1) is 23.3. The first-order valence-corrected chi connectivity index (χ1v) is 11.8. The normalized spacial score (nSPS) is 11.8. The molecule has 6 heteroatoms. The van der Waals surface area contributed by atoms with Crippen molar-refractivity contribution in [2.45, 2.75) is 52.7 Å². The van der Waals surface area contributed by atoms with E-state index in [4.69, 9.17) is 13.8 Å². The van der Waals surface area contributed by atoms with Gasteiger partial charge in [-0.1, -0.05) is 42.5 Å². The zero-order chi connectivity index (χ0) is 21.3. The SMILES string of the molecule is CC(C)OP(=O)(CCCCOC(=O)c1ccc(-c2ccccc2)cc1)OC(C)C. The molecule has 0 saturated carbocycles. The first-order chi connectivity index (χ1) is 13.8. The van der Waals surface area contributed by atoms with Crippen LogP contribution < -0.4 is 0 Å². The van der Waals surface area contributed by atoms with Gasteiger partial charge < -0.3 is 13.8 Å². The summed E-state index contributed by atoms with van der Waals surface area (Å²) in [5, 5.41) is 0. The van der Waals surface area contributed by atoms with Crippen LogP contribution in [-0.4, -0.2) is 30.9 Å². The Balaban J connectivity index is 1.78. The minimum atomic E-state index is -3.13. The molecule has 2 rings (SSSR count). The predicted molar refractivity (Wildman–Crippen MR) is 116 cm³/mol. The van der Waals surface area contributed by atoms with Crippen molar-refractivity contribution in [3.8, 4) is 11.1 Å². The highest BCUT2D eigenvalue weighted by Gasteiger charge is 2.27. The van der Waals surface area contributed by atoms with E-state index in [1.54, 1.807) is 12.1 Å². The summed E-state index contributed by atoms with van der Waals surface area (Å²) in [4.78, 5) is 12.2. The lowest BCUT2D eigenvalue weighted by Gasteiger charge is -2.22. The minimum Gasteiger partial charge on any atom is -0.462 e. The summed E-state index contributed by atoms with van der Waals surface area (Å²) in [7, 11) is -3.13. The molecule has 5 nitrogen and oxygen atoms in total. The molecule has 2 aromatic carbocycles. The fourth-order valence-corrected chi connectivity index (χ4v) is 5.01. The van der Waals surface area contributed by atoms with Crippen LogP contribution in [0.2, 0.25) is 0 Å². The Morgan fingerprint density at radius 2 is 1.38 bits per heavy atom. The topological polar surface area (TPSA) is 61.8 Å². The lowest BCUT2D eigenvalue weighted by molar-refractivity contribution is 0.0499. The second kappa shape index (κ2) is 11.3. The zero-order valence-electron chi connectivity index (χ0n) is 17.7. The standard InChI is InChI=1S/C23H31O5P/c1-18(2)27-29(25,28-19(3)4)17-9-8-16-26-23(24)22-14-12-21(13-15-22)20-10-6-5-7-11-20/h5-7,10-15,18-19H,8-9,16-17H2,1-4H3. The van der Waals surface area contributed by atoms with E-state index in [0.717, 1.165) is 11.1 Å². The highest BCUT2D eigenvalue weighted by atomic mass is 31.2. The largest absolute Gasteiger partial charge is 0.462 e. The third kappa shape index (κ3) is 8.14. The summed E-state index contributed by atoms with van der Waals surface area (Å²) in [5.74, 6) is -0.357. The number of carbonyl (C=O) groups excluding carboxylic acids is 1. The molecule has 0 fully saturated rings. The van der Waals surface area contributed by atoms with E-state index in [2.05, 4.69) is 0 Å². The van der Waals surface area contributed by atoms with Crippen LogP contribution >= 0.6 is 7.60 Å². The Morgan fingerprint density at radius 3 is 1.93 bits per heavy atom. The van der Waals surface area contributed by atoms with E-state index in [9.17, 15) is 9.36 Å². The highest BCUT2D eigenvalue weighted by Crippen LogP contribution is 2.51. The predicted octanol–water partition coefficient (Wildman–Crippen LogP) is 6.33. The van der Waals surface area contributed by atoms with Crippen LogP contribution in [0.25, 0.3) is 11.1 Å². The van der Waals surface area contributed by atoms with Gasteiger partial charge in [0.1, 0.15) is 0 Å². The molecule has 0 heterocycles. The van der Waals surface area contributed by atoms with Gasteiger partial charge in [-0.25, -0.2) is 4.79 Å². The van der Waals surface area contributed by atoms with Crippen LogP contribution in [0.4, 0.5) is 0 Å². The molecule has 0 amide bonds. The summed E-state index contributed by atoms with van der Waals surface area (Å²) in [6.07, 6.45) is 1.16. The molecule has 0 bridgehead atoms. The number of hydrogen-bond donors (Lipinski definition) is 0. The van der Waals surface area contributed by atoms with Gasteiger partial charge in [-0.2, -0.15) is 0 Å². The summed E-state index contributed by atoms with van der Waals surface area (Å²) in [6, 6.07) is 17.3. The van der Waals surface area contributed by atoms with E-state index in [1.165, 1.54) is 0 Å². The molecule has 0 aliphatic heterocycles. The number of benzene rings is 2. The lowest BCUT2D eigenvalue weighted by atomic mass is 10.0. The van der Waals surface area contributed by atoms with E-state index in [1.807, 2.05) is 70.2 Å². The number of unbranched alkanes of at least 4 members (excludes halogenated alkanes) is 1. The molecule has 0 saturated heterocycles. The molecule has 0 aliphatic carbocycles. The fraction of sp³-hybridized carbons (Fsp3) is 0.435. The van der Waals surface area contributed by atoms with Gasteiger partial charge >= 0.3 is 13.6 Å². The van der Waals surface area contributed by atoms with Gasteiger partial charge in [-0.05, 0) is 63.8 Å². The molecule has 0 unspecified atom stereocenters. The summed E-state index contributed by atoms with van der Waals surface area (Å²) >= 11 is 0. The molecule has 158 valence electrons. The Labute approximate surface area is 173 Å². The second-order valence-electron chi connectivity index (χ2n) is 7.43. The van der Waals surface area contributed by atoms with Crippen molar-refractivity contribution in [3.63, 3.8) is 0 Å².